The lowest BCUT2D eigenvalue weighted by Crippen LogP contribution is -2.36. The molecule has 0 atom stereocenters. The van der Waals surface area contributed by atoms with Crippen molar-refractivity contribution in [3.8, 4) is 0 Å². The maximum absolute atomic E-state index is 12.7. The summed E-state index contributed by atoms with van der Waals surface area (Å²) in [4.78, 5) is 40.8. The number of imide groups is 1. The largest absolute Gasteiger partial charge is 0.378 e. The Bertz CT molecular complexity index is 1020. The van der Waals surface area contributed by atoms with Crippen LogP contribution in [-0.4, -0.2) is 54.8 Å². The quantitative estimate of drug-likeness (QED) is 0.452. The molecule has 2 fully saturated rings. The van der Waals surface area contributed by atoms with Gasteiger partial charge in [0, 0.05) is 28.0 Å². The first kappa shape index (κ1) is 21.8. The van der Waals surface area contributed by atoms with Crippen LogP contribution in [0.4, 0.5) is 16.2 Å². The van der Waals surface area contributed by atoms with Crippen LogP contribution in [0.1, 0.15) is 5.56 Å². The summed E-state index contributed by atoms with van der Waals surface area (Å²) >= 11 is 3.02. The summed E-state index contributed by atoms with van der Waals surface area (Å²) in [5, 5.41) is 2.26. The lowest BCUT2D eigenvalue weighted by atomic mass is 10.1. The number of carbonyl (C=O) groups is 3. The van der Waals surface area contributed by atoms with E-state index in [1.165, 1.54) is 0 Å². The van der Waals surface area contributed by atoms with E-state index in [-0.39, 0.29) is 6.54 Å². The molecule has 2 aromatic rings. The Labute approximate surface area is 197 Å². The molecule has 2 saturated heterocycles. The maximum Gasteiger partial charge on any atom is 0.294 e. The molecule has 31 heavy (non-hydrogen) atoms. The molecule has 0 unspecified atom stereocenters. The van der Waals surface area contributed by atoms with Crippen molar-refractivity contribution in [2.24, 2.45) is 0 Å². The van der Waals surface area contributed by atoms with Crippen LogP contribution in [0, 0.1) is 3.57 Å². The van der Waals surface area contributed by atoms with Gasteiger partial charge in [-0.15, -0.1) is 0 Å². The third-order valence-corrected chi connectivity index (χ3v) is 6.50. The van der Waals surface area contributed by atoms with E-state index in [9.17, 15) is 14.4 Å². The number of nitrogens with one attached hydrogen (secondary N) is 1. The maximum atomic E-state index is 12.7. The first-order valence-electron chi connectivity index (χ1n) is 9.73. The Morgan fingerprint density at radius 3 is 2.42 bits per heavy atom. The van der Waals surface area contributed by atoms with Crippen LogP contribution in [0.2, 0.25) is 0 Å². The second kappa shape index (κ2) is 9.84. The molecule has 0 spiro atoms. The molecule has 3 amide bonds. The molecule has 0 bridgehead atoms. The van der Waals surface area contributed by atoms with Crippen LogP contribution >= 0.6 is 34.4 Å². The van der Waals surface area contributed by atoms with E-state index in [2.05, 4.69) is 32.8 Å². The van der Waals surface area contributed by atoms with Crippen molar-refractivity contribution >= 4 is 68.9 Å². The average molecular weight is 549 g/mol. The van der Waals surface area contributed by atoms with E-state index in [1.807, 2.05) is 36.4 Å². The molecule has 7 nitrogen and oxygen atoms in total. The number of benzene rings is 2. The van der Waals surface area contributed by atoms with Gasteiger partial charge in [-0.25, -0.2) is 0 Å². The fraction of sp³-hybridized carbons (Fsp3) is 0.227. The lowest BCUT2D eigenvalue weighted by molar-refractivity contribution is -0.127. The Morgan fingerprint density at radius 2 is 1.74 bits per heavy atom. The van der Waals surface area contributed by atoms with Gasteiger partial charge in [0.25, 0.3) is 11.1 Å². The van der Waals surface area contributed by atoms with Gasteiger partial charge in [-0.2, -0.15) is 0 Å². The first-order valence-corrected chi connectivity index (χ1v) is 11.6. The highest BCUT2D eigenvalue weighted by Gasteiger charge is 2.36. The molecule has 0 saturated carbocycles. The summed E-state index contributed by atoms with van der Waals surface area (Å²) in [6, 6.07) is 15.1. The van der Waals surface area contributed by atoms with E-state index >= 15 is 0 Å². The zero-order chi connectivity index (χ0) is 21.8. The Morgan fingerprint density at radius 1 is 1.06 bits per heavy atom. The molecule has 4 rings (SSSR count). The number of carbonyl (C=O) groups excluding carboxylic acids is 3. The highest BCUT2D eigenvalue weighted by molar-refractivity contribution is 14.1. The van der Waals surface area contributed by atoms with Crippen LogP contribution < -0.4 is 10.2 Å². The number of morpholine rings is 1. The number of ether oxygens (including phenoxy) is 1. The lowest BCUT2D eigenvalue weighted by Gasteiger charge is -2.28. The van der Waals surface area contributed by atoms with Gasteiger partial charge in [-0.05, 0) is 82.4 Å². The molecule has 9 heteroatoms. The molecule has 0 aromatic heterocycles. The minimum Gasteiger partial charge on any atom is -0.378 e. The van der Waals surface area contributed by atoms with Crippen molar-refractivity contribution in [3.63, 3.8) is 0 Å². The molecule has 0 radical (unpaired) electrons. The van der Waals surface area contributed by atoms with Gasteiger partial charge in [0.2, 0.25) is 5.91 Å². The Hall–Kier alpha value is -2.37. The van der Waals surface area contributed by atoms with Crippen LogP contribution in [0.25, 0.3) is 6.08 Å². The van der Waals surface area contributed by atoms with Crippen molar-refractivity contribution in [2.45, 2.75) is 0 Å². The number of amides is 3. The van der Waals surface area contributed by atoms with Crippen molar-refractivity contribution in [1.29, 1.82) is 0 Å². The van der Waals surface area contributed by atoms with Gasteiger partial charge in [0.1, 0.15) is 6.54 Å². The highest BCUT2D eigenvalue weighted by atomic mass is 127. The van der Waals surface area contributed by atoms with Crippen LogP contribution in [-0.2, 0) is 14.3 Å². The number of anilines is 2. The van der Waals surface area contributed by atoms with E-state index in [0.29, 0.717) is 23.8 Å². The SMILES string of the molecule is O=C(CN1C(=O)S/C(=C/c2ccc(N3CCOCC3)cc2)C1=O)Nc1ccc(I)cc1. The van der Waals surface area contributed by atoms with Crippen molar-refractivity contribution in [2.75, 3.05) is 43.1 Å². The number of hydrogen-bond acceptors (Lipinski definition) is 6. The standard InChI is InChI=1S/C22H20IN3O4S/c23-16-3-5-17(6-4-16)24-20(27)14-26-21(28)19(31-22(26)29)13-15-1-7-18(8-2-15)25-9-11-30-12-10-25/h1-8,13H,9-12,14H2,(H,24,27)/b19-13+. The molecule has 0 aliphatic carbocycles. The smallest absolute Gasteiger partial charge is 0.294 e. The van der Waals surface area contributed by atoms with E-state index < -0.39 is 17.1 Å². The van der Waals surface area contributed by atoms with Crippen molar-refractivity contribution < 1.29 is 19.1 Å². The third-order valence-electron chi connectivity index (χ3n) is 4.87. The zero-order valence-corrected chi connectivity index (χ0v) is 19.5. The average Bonchev–Trinajstić information content (AvgIpc) is 3.04. The Balaban J connectivity index is 1.39. The van der Waals surface area contributed by atoms with Crippen LogP contribution in [0.15, 0.2) is 53.4 Å². The Kier molecular flexibility index (Phi) is 6.93. The normalized spacial score (nSPS) is 18.0. The van der Waals surface area contributed by atoms with Gasteiger partial charge in [0.05, 0.1) is 18.1 Å². The molecular weight excluding hydrogens is 529 g/mol. The second-order valence-electron chi connectivity index (χ2n) is 7.01. The predicted molar refractivity (Wildman–Crippen MR) is 130 cm³/mol. The van der Waals surface area contributed by atoms with Crippen LogP contribution in [0.5, 0.6) is 0 Å². The molecule has 2 aliphatic rings. The third kappa shape index (κ3) is 5.46. The number of thioether (sulfide) groups is 1. The molecule has 1 N–H and O–H groups in total. The number of rotatable bonds is 5. The van der Waals surface area contributed by atoms with Crippen molar-refractivity contribution in [3.05, 3.63) is 62.6 Å². The number of nitrogens with zero attached hydrogens (tertiary/aromatic N) is 2. The summed E-state index contributed by atoms with van der Waals surface area (Å²) in [7, 11) is 0. The van der Waals surface area contributed by atoms with E-state index in [1.54, 1.807) is 18.2 Å². The highest BCUT2D eigenvalue weighted by Crippen LogP contribution is 2.32. The molecule has 2 heterocycles. The summed E-state index contributed by atoms with van der Waals surface area (Å²) in [6.45, 7) is 2.81. The molecule has 2 aliphatic heterocycles. The zero-order valence-electron chi connectivity index (χ0n) is 16.5. The van der Waals surface area contributed by atoms with E-state index in [0.717, 1.165) is 44.6 Å². The fourth-order valence-electron chi connectivity index (χ4n) is 3.27. The van der Waals surface area contributed by atoms with Gasteiger partial charge in [-0.3, -0.25) is 19.3 Å². The summed E-state index contributed by atoms with van der Waals surface area (Å²) in [6.07, 6.45) is 1.69. The van der Waals surface area contributed by atoms with Gasteiger partial charge < -0.3 is 15.0 Å². The summed E-state index contributed by atoms with van der Waals surface area (Å²) < 4.78 is 6.42. The van der Waals surface area contributed by atoms with Gasteiger partial charge in [0.15, 0.2) is 0 Å². The van der Waals surface area contributed by atoms with Crippen LogP contribution in [0.3, 0.4) is 0 Å². The second-order valence-corrected chi connectivity index (χ2v) is 9.25. The van der Waals surface area contributed by atoms with Gasteiger partial charge in [-0.1, -0.05) is 12.1 Å². The number of hydrogen-bond donors (Lipinski definition) is 1. The minimum absolute atomic E-state index is 0.311. The number of halogens is 1. The molecule has 160 valence electrons. The molecule has 2 aromatic carbocycles. The minimum atomic E-state index is -0.454. The molecular formula is C22H20IN3O4S. The topological polar surface area (TPSA) is 79.0 Å². The predicted octanol–water partition coefficient (Wildman–Crippen LogP) is 3.80. The monoisotopic (exact) mass is 549 g/mol. The summed E-state index contributed by atoms with van der Waals surface area (Å²) in [5.41, 5.74) is 2.54. The summed E-state index contributed by atoms with van der Waals surface area (Å²) in [5.74, 6) is -0.871. The first-order chi connectivity index (χ1) is 15.0. The fourth-order valence-corrected chi connectivity index (χ4v) is 4.47. The van der Waals surface area contributed by atoms with Gasteiger partial charge >= 0.3 is 0 Å². The van der Waals surface area contributed by atoms with Crippen molar-refractivity contribution in [1.82, 2.24) is 4.90 Å². The van der Waals surface area contributed by atoms with E-state index in [4.69, 9.17) is 4.74 Å².